The first-order chi connectivity index (χ1) is 5.79. The summed E-state index contributed by atoms with van der Waals surface area (Å²) in [6, 6.07) is 0. The molecule has 0 aliphatic carbocycles. The van der Waals surface area contributed by atoms with E-state index in [1.807, 2.05) is 46.6 Å². The first-order valence-electron chi connectivity index (χ1n) is 3.72. The van der Waals surface area contributed by atoms with Gasteiger partial charge in [-0.2, -0.15) is 0 Å². The number of thioether (sulfide) groups is 3. The van der Waals surface area contributed by atoms with Crippen LogP contribution in [0, 0.1) is 13.8 Å². The summed E-state index contributed by atoms with van der Waals surface area (Å²) in [5.41, 5.74) is 0. The summed E-state index contributed by atoms with van der Waals surface area (Å²) < 4.78 is 0. The molecule has 0 N–H and O–H groups in total. The Morgan fingerprint density at radius 1 is 0.917 bits per heavy atom. The molecular formula is C8H10S4. The molecule has 0 unspecified atom stereocenters. The van der Waals surface area contributed by atoms with Crippen molar-refractivity contribution in [2.75, 3.05) is 10.2 Å². The fourth-order valence-electron chi connectivity index (χ4n) is 1.21. The molecule has 0 fully saturated rings. The van der Waals surface area contributed by atoms with Crippen LogP contribution in [-0.2, 0) is 0 Å². The van der Waals surface area contributed by atoms with Crippen LogP contribution in [0.25, 0.3) is 0 Å². The van der Waals surface area contributed by atoms with Crippen LogP contribution < -0.4 is 0 Å². The predicted octanol–water partition coefficient (Wildman–Crippen LogP) is 4.21. The Morgan fingerprint density at radius 3 is 1.92 bits per heavy atom. The second-order valence-corrected chi connectivity index (χ2v) is 7.72. The van der Waals surface area contributed by atoms with Crippen molar-refractivity contribution in [1.29, 1.82) is 0 Å². The van der Waals surface area contributed by atoms with Crippen molar-refractivity contribution in [3.8, 4) is 0 Å². The highest BCUT2D eigenvalue weighted by Crippen LogP contribution is 2.46. The predicted molar refractivity (Wildman–Crippen MR) is 62.8 cm³/mol. The van der Waals surface area contributed by atoms with E-state index >= 15 is 0 Å². The zero-order valence-electron chi connectivity index (χ0n) is 7.05. The van der Waals surface area contributed by atoms with Gasteiger partial charge in [0, 0.05) is 29.7 Å². The Kier molecular flexibility index (Phi) is 3.00. The molecule has 1 aliphatic heterocycles. The molecule has 0 saturated carbocycles. The van der Waals surface area contributed by atoms with Gasteiger partial charge < -0.3 is 0 Å². The van der Waals surface area contributed by atoms with Gasteiger partial charge in [0.05, 0.1) is 0 Å². The molecule has 0 saturated heterocycles. The van der Waals surface area contributed by atoms with Crippen molar-refractivity contribution in [2.24, 2.45) is 0 Å². The largest absolute Gasteiger partial charge is 0.144 e. The fraction of sp³-hybridized carbons (Fsp3) is 0.500. The molecule has 12 heavy (non-hydrogen) atoms. The van der Waals surface area contributed by atoms with Gasteiger partial charge >= 0.3 is 0 Å². The molecule has 4 heteroatoms. The van der Waals surface area contributed by atoms with Gasteiger partial charge in [-0.05, 0) is 13.8 Å². The zero-order chi connectivity index (χ0) is 8.55. The van der Waals surface area contributed by atoms with Gasteiger partial charge in [0.15, 0.2) is 0 Å². The van der Waals surface area contributed by atoms with Crippen LogP contribution >= 0.6 is 46.6 Å². The zero-order valence-corrected chi connectivity index (χ0v) is 10.3. The van der Waals surface area contributed by atoms with E-state index in [0.29, 0.717) is 0 Å². The minimum Gasteiger partial charge on any atom is -0.144 e. The van der Waals surface area contributed by atoms with Crippen molar-refractivity contribution in [3.63, 3.8) is 0 Å². The minimum atomic E-state index is 1.22. The third-order valence-electron chi connectivity index (χ3n) is 1.73. The maximum atomic E-state index is 2.24. The molecule has 0 bridgehead atoms. The standard InChI is InChI=1S/C8H10S4/c1-5-7-8(6(2)12-5)11-4-9-3-10-7/h3-4H2,1-2H3. The average Bonchev–Trinajstić information content (AvgIpc) is 2.29. The van der Waals surface area contributed by atoms with Gasteiger partial charge in [-0.3, -0.25) is 0 Å². The smallest absolute Gasteiger partial charge is 0.0448 e. The molecule has 2 rings (SSSR count). The number of aryl methyl sites for hydroxylation is 2. The number of thiophene rings is 1. The van der Waals surface area contributed by atoms with Crippen molar-refractivity contribution < 1.29 is 0 Å². The van der Waals surface area contributed by atoms with Crippen LogP contribution in [0.4, 0.5) is 0 Å². The molecular weight excluding hydrogens is 224 g/mol. The molecule has 2 heterocycles. The molecule has 0 amide bonds. The van der Waals surface area contributed by atoms with E-state index in [9.17, 15) is 0 Å². The summed E-state index contributed by atoms with van der Waals surface area (Å²) >= 11 is 7.99. The molecule has 1 aromatic heterocycles. The number of rotatable bonds is 0. The molecule has 66 valence electrons. The van der Waals surface area contributed by atoms with Gasteiger partial charge in [0.1, 0.15) is 0 Å². The molecule has 1 aliphatic rings. The van der Waals surface area contributed by atoms with Crippen LogP contribution in [0.15, 0.2) is 9.79 Å². The lowest BCUT2D eigenvalue weighted by Crippen LogP contribution is -1.72. The quantitative estimate of drug-likeness (QED) is 0.660. The van der Waals surface area contributed by atoms with Crippen LogP contribution in [0.5, 0.6) is 0 Å². The van der Waals surface area contributed by atoms with Gasteiger partial charge in [-0.1, -0.05) is 0 Å². The minimum absolute atomic E-state index is 1.22. The lowest BCUT2D eigenvalue weighted by molar-refractivity contribution is 1.23. The van der Waals surface area contributed by atoms with Crippen LogP contribution in [-0.4, -0.2) is 10.2 Å². The SMILES string of the molecule is Cc1sc(C)c2c1SCSCS2. The normalized spacial score (nSPS) is 17.2. The monoisotopic (exact) mass is 234 g/mol. The van der Waals surface area contributed by atoms with Crippen molar-refractivity contribution in [3.05, 3.63) is 9.75 Å². The van der Waals surface area contributed by atoms with E-state index in [1.165, 1.54) is 19.9 Å². The van der Waals surface area contributed by atoms with E-state index in [-0.39, 0.29) is 0 Å². The molecule has 0 atom stereocenters. The Labute approximate surface area is 89.9 Å². The highest BCUT2D eigenvalue weighted by Gasteiger charge is 2.16. The van der Waals surface area contributed by atoms with Crippen molar-refractivity contribution in [2.45, 2.75) is 23.6 Å². The molecule has 0 aromatic carbocycles. The van der Waals surface area contributed by atoms with E-state index in [2.05, 4.69) is 13.8 Å². The van der Waals surface area contributed by atoms with Gasteiger partial charge in [-0.15, -0.1) is 46.6 Å². The molecule has 1 aromatic rings. The first-order valence-corrected chi connectivity index (χ1v) is 7.66. The summed E-state index contributed by atoms with van der Waals surface area (Å²) in [7, 11) is 0. The average molecular weight is 234 g/mol. The Hall–Kier alpha value is 0.750. The summed E-state index contributed by atoms with van der Waals surface area (Å²) in [5.74, 6) is 0. The maximum absolute atomic E-state index is 2.24. The van der Waals surface area contributed by atoms with E-state index in [1.54, 1.807) is 9.79 Å². The van der Waals surface area contributed by atoms with Crippen molar-refractivity contribution in [1.82, 2.24) is 0 Å². The Balaban J connectivity index is 2.44. The number of hydrogen-bond donors (Lipinski definition) is 0. The van der Waals surface area contributed by atoms with Gasteiger partial charge in [-0.25, -0.2) is 0 Å². The maximum Gasteiger partial charge on any atom is 0.0448 e. The topological polar surface area (TPSA) is 0 Å². The Bertz CT molecular complexity index is 263. The number of hydrogen-bond acceptors (Lipinski definition) is 4. The Morgan fingerprint density at radius 2 is 1.42 bits per heavy atom. The van der Waals surface area contributed by atoms with E-state index in [4.69, 9.17) is 0 Å². The third-order valence-corrected chi connectivity index (χ3v) is 7.01. The first kappa shape index (κ1) is 9.31. The second-order valence-electron chi connectivity index (χ2n) is 2.60. The van der Waals surface area contributed by atoms with Gasteiger partial charge in [0.25, 0.3) is 0 Å². The molecule has 0 spiro atoms. The van der Waals surface area contributed by atoms with Crippen LogP contribution in [0.3, 0.4) is 0 Å². The van der Waals surface area contributed by atoms with Crippen LogP contribution in [0.2, 0.25) is 0 Å². The third kappa shape index (κ3) is 1.67. The second kappa shape index (κ2) is 3.86. The summed E-state index contributed by atoms with van der Waals surface area (Å²) in [4.78, 5) is 6.10. The van der Waals surface area contributed by atoms with Crippen LogP contribution in [0.1, 0.15) is 9.75 Å². The fourth-order valence-corrected chi connectivity index (χ4v) is 6.62. The van der Waals surface area contributed by atoms with E-state index in [0.717, 1.165) is 0 Å². The van der Waals surface area contributed by atoms with Gasteiger partial charge in [0.2, 0.25) is 0 Å². The highest BCUT2D eigenvalue weighted by atomic mass is 32.2. The van der Waals surface area contributed by atoms with Crippen molar-refractivity contribution >= 4 is 46.6 Å². The number of fused-ring (bicyclic) bond motifs is 1. The molecule has 0 nitrogen and oxygen atoms in total. The highest BCUT2D eigenvalue weighted by molar-refractivity contribution is 8.24. The summed E-state index contributed by atoms with van der Waals surface area (Å²) in [6.07, 6.45) is 0. The van der Waals surface area contributed by atoms with E-state index < -0.39 is 0 Å². The summed E-state index contributed by atoms with van der Waals surface area (Å²) in [6.45, 7) is 4.47. The lowest BCUT2D eigenvalue weighted by atomic mass is 10.4. The lowest BCUT2D eigenvalue weighted by Gasteiger charge is -1.97. The molecule has 0 radical (unpaired) electrons. The summed E-state index contributed by atoms with van der Waals surface area (Å²) in [5, 5.41) is 2.44.